The molecule has 1 aromatic rings. The van der Waals surface area contributed by atoms with Gasteiger partial charge in [0.2, 0.25) is 0 Å². The summed E-state index contributed by atoms with van der Waals surface area (Å²) in [6.07, 6.45) is 1.32. The summed E-state index contributed by atoms with van der Waals surface area (Å²) in [4.78, 5) is 11.7. The van der Waals surface area contributed by atoms with Crippen LogP contribution in [-0.2, 0) is 14.3 Å². The number of carbonyl (C=O) groups excluding carboxylic acids is 1. The van der Waals surface area contributed by atoms with Crippen LogP contribution in [0, 0.1) is 11.3 Å². The molecule has 1 N–H and O–H groups in total. The lowest BCUT2D eigenvalue weighted by molar-refractivity contribution is -0.139. The molecule has 7 heteroatoms. The first kappa shape index (κ1) is 17.0. The summed E-state index contributed by atoms with van der Waals surface area (Å²) in [7, 11) is 2.90. The quantitative estimate of drug-likeness (QED) is 0.364. The minimum absolute atomic E-state index is 0.0589. The highest BCUT2D eigenvalue weighted by molar-refractivity contribution is 9.10. The van der Waals surface area contributed by atoms with Crippen LogP contribution in [0.5, 0.6) is 11.5 Å². The second-order valence-electron chi connectivity index (χ2n) is 3.84. The number of phenols is 1. The molecule has 0 aromatic heterocycles. The Kier molecular flexibility index (Phi) is 6.72. The SMILES string of the molecule is COCCOC(=O)/C(C#N)=C/c1cc(O)c(OC)cc1Br. The predicted octanol–water partition coefficient (Wildman–Crippen LogP) is 2.26. The largest absolute Gasteiger partial charge is 0.504 e. The van der Waals surface area contributed by atoms with E-state index < -0.39 is 5.97 Å². The molecule has 1 rings (SSSR count). The van der Waals surface area contributed by atoms with Gasteiger partial charge in [-0.2, -0.15) is 5.26 Å². The first-order valence-corrected chi connectivity index (χ1v) is 6.67. The molecule has 0 bridgehead atoms. The smallest absolute Gasteiger partial charge is 0.348 e. The zero-order chi connectivity index (χ0) is 15.8. The zero-order valence-electron chi connectivity index (χ0n) is 11.6. The summed E-state index contributed by atoms with van der Waals surface area (Å²) in [5.41, 5.74) is 0.268. The number of phenolic OH excluding ortho intramolecular Hbond substituents is 1. The van der Waals surface area contributed by atoms with Gasteiger partial charge in [0.05, 0.1) is 13.7 Å². The molecule has 0 saturated carbocycles. The lowest BCUT2D eigenvalue weighted by Gasteiger charge is -2.07. The number of carbonyl (C=O) groups is 1. The van der Waals surface area contributed by atoms with Crippen molar-refractivity contribution in [1.82, 2.24) is 0 Å². The lowest BCUT2D eigenvalue weighted by Crippen LogP contribution is -2.11. The molecular formula is C14H14BrNO5. The van der Waals surface area contributed by atoms with Gasteiger partial charge < -0.3 is 19.3 Å². The summed E-state index contributed by atoms with van der Waals surface area (Å²) in [5.74, 6) is -0.575. The second kappa shape index (κ2) is 8.29. The Labute approximate surface area is 130 Å². The molecule has 0 fully saturated rings. The number of rotatable bonds is 6. The average molecular weight is 356 g/mol. The van der Waals surface area contributed by atoms with Crippen LogP contribution in [0.4, 0.5) is 0 Å². The van der Waals surface area contributed by atoms with Crippen LogP contribution in [0.3, 0.4) is 0 Å². The summed E-state index contributed by atoms with van der Waals surface area (Å²) in [6.45, 7) is 0.306. The number of hydrogen-bond acceptors (Lipinski definition) is 6. The maximum absolute atomic E-state index is 11.7. The van der Waals surface area contributed by atoms with Gasteiger partial charge in [0.1, 0.15) is 18.2 Å². The molecule has 0 aliphatic rings. The highest BCUT2D eigenvalue weighted by atomic mass is 79.9. The number of aromatic hydroxyl groups is 1. The lowest BCUT2D eigenvalue weighted by atomic mass is 10.1. The number of esters is 1. The van der Waals surface area contributed by atoms with Crippen LogP contribution in [-0.4, -0.2) is 38.5 Å². The summed E-state index contributed by atoms with van der Waals surface area (Å²) in [5, 5.41) is 18.7. The number of benzene rings is 1. The van der Waals surface area contributed by atoms with E-state index in [1.807, 2.05) is 0 Å². The third kappa shape index (κ3) is 4.77. The van der Waals surface area contributed by atoms with Crippen molar-refractivity contribution >= 4 is 28.0 Å². The Bertz CT molecular complexity index is 592. The molecule has 0 amide bonds. The van der Waals surface area contributed by atoms with Crippen molar-refractivity contribution < 1.29 is 24.1 Å². The molecule has 0 aliphatic heterocycles. The normalized spacial score (nSPS) is 10.9. The third-order valence-corrected chi connectivity index (χ3v) is 3.15. The van der Waals surface area contributed by atoms with Gasteiger partial charge in [0.15, 0.2) is 11.5 Å². The van der Waals surface area contributed by atoms with Crippen molar-refractivity contribution in [3.8, 4) is 17.6 Å². The molecule has 0 heterocycles. The molecule has 6 nitrogen and oxygen atoms in total. The minimum Gasteiger partial charge on any atom is -0.504 e. The van der Waals surface area contributed by atoms with Crippen LogP contribution >= 0.6 is 15.9 Å². The van der Waals surface area contributed by atoms with Crippen molar-refractivity contribution in [2.75, 3.05) is 27.4 Å². The standard InChI is InChI=1S/C14H14BrNO5/c1-19-3-4-21-14(18)10(8-16)5-9-6-12(17)13(20-2)7-11(9)15/h5-7,17H,3-4H2,1-2H3/b10-5+. The van der Waals surface area contributed by atoms with Crippen molar-refractivity contribution in [1.29, 1.82) is 5.26 Å². The van der Waals surface area contributed by atoms with Gasteiger partial charge in [-0.05, 0) is 23.8 Å². The van der Waals surface area contributed by atoms with E-state index >= 15 is 0 Å². The van der Waals surface area contributed by atoms with Crippen LogP contribution < -0.4 is 4.74 Å². The first-order chi connectivity index (χ1) is 10.0. The Morgan fingerprint density at radius 2 is 2.14 bits per heavy atom. The van der Waals surface area contributed by atoms with E-state index in [4.69, 9.17) is 19.5 Å². The van der Waals surface area contributed by atoms with Gasteiger partial charge in [0.25, 0.3) is 0 Å². The number of nitriles is 1. The molecular weight excluding hydrogens is 342 g/mol. The van der Waals surface area contributed by atoms with E-state index in [9.17, 15) is 9.90 Å². The van der Waals surface area contributed by atoms with Crippen molar-refractivity contribution in [3.63, 3.8) is 0 Å². The third-order valence-electron chi connectivity index (χ3n) is 2.46. The fourth-order valence-corrected chi connectivity index (χ4v) is 1.86. The van der Waals surface area contributed by atoms with E-state index in [1.54, 1.807) is 6.07 Å². The summed E-state index contributed by atoms with van der Waals surface area (Å²) >= 11 is 3.28. The summed E-state index contributed by atoms with van der Waals surface area (Å²) in [6, 6.07) is 4.68. The van der Waals surface area contributed by atoms with Gasteiger partial charge in [0, 0.05) is 11.6 Å². The molecule has 1 aromatic carbocycles. The number of nitrogens with zero attached hydrogens (tertiary/aromatic N) is 1. The molecule has 0 saturated heterocycles. The zero-order valence-corrected chi connectivity index (χ0v) is 13.1. The molecule has 0 atom stereocenters. The van der Waals surface area contributed by atoms with Crippen LogP contribution in [0.25, 0.3) is 6.08 Å². The number of hydrogen-bond donors (Lipinski definition) is 1. The van der Waals surface area contributed by atoms with E-state index in [-0.39, 0.29) is 30.3 Å². The Morgan fingerprint density at radius 3 is 2.71 bits per heavy atom. The predicted molar refractivity (Wildman–Crippen MR) is 78.8 cm³/mol. The van der Waals surface area contributed by atoms with Gasteiger partial charge in [-0.25, -0.2) is 4.79 Å². The van der Waals surface area contributed by atoms with Gasteiger partial charge in [-0.15, -0.1) is 0 Å². The summed E-state index contributed by atoms with van der Waals surface area (Å²) < 4.78 is 15.1. The molecule has 21 heavy (non-hydrogen) atoms. The van der Waals surface area contributed by atoms with Gasteiger partial charge >= 0.3 is 5.97 Å². The van der Waals surface area contributed by atoms with E-state index in [0.717, 1.165) is 0 Å². The van der Waals surface area contributed by atoms with Crippen LogP contribution in [0.2, 0.25) is 0 Å². The average Bonchev–Trinajstić information content (AvgIpc) is 2.47. The number of ether oxygens (including phenoxy) is 3. The highest BCUT2D eigenvalue weighted by Crippen LogP contribution is 2.33. The van der Waals surface area contributed by atoms with Crippen molar-refractivity contribution in [2.45, 2.75) is 0 Å². The molecule has 112 valence electrons. The van der Waals surface area contributed by atoms with Crippen LogP contribution in [0.1, 0.15) is 5.56 Å². The minimum atomic E-state index is -0.753. The number of halogens is 1. The first-order valence-electron chi connectivity index (χ1n) is 5.87. The number of methoxy groups -OCH3 is 2. The van der Waals surface area contributed by atoms with E-state index in [2.05, 4.69) is 15.9 Å². The molecule has 0 radical (unpaired) electrons. The fraction of sp³-hybridized carbons (Fsp3) is 0.286. The second-order valence-corrected chi connectivity index (χ2v) is 4.70. The topological polar surface area (TPSA) is 88.8 Å². The monoisotopic (exact) mass is 355 g/mol. The van der Waals surface area contributed by atoms with E-state index in [1.165, 1.54) is 32.4 Å². The molecule has 0 unspecified atom stereocenters. The van der Waals surface area contributed by atoms with Gasteiger partial charge in [-0.1, -0.05) is 15.9 Å². The van der Waals surface area contributed by atoms with Crippen molar-refractivity contribution in [2.24, 2.45) is 0 Å². The highest BCUT2D eigenvalue weighted by Gasteiger charge is 2.13. The Hall–Kier alpha value is -2.04. The maximum Gasteiger partial charge on any atom is 0.348 e. The Morgan fingerprint density at radius 1 is 1.43 bits per heavy atom. The molecule has 0 aliphatic carbocycles. The maximum atomic E-state index is 11.7. The van der Waals surface area contributed by atoms with Crippen molar-refractivity contribution in [3.05, 3.63) is 27.7 Å². The molecule has 0 spiro atoms. The Balaban J connectivity index is 3.01. The van der Waals surface area contributed by atoms with Crippen LogP contribution in [0.15, 0.2) is 22.2 Å². The van der Waals surface area contributed by atoms with E-state index in [0.29, 0.717) is 10.0 Å². The fourth-order valence-electron chi connectivity index (χ4n) is 1.42. The van der Waals surface area contributed by atoms with Gasteiger partial charge in [-0.3, -0.25) is 0 Å².